The Labute approximate surface area is 160 Å². The van der Waals surface area contributed by atoms with Crippen molar-refractivity contribution in [3.8, 4) is 0 Å². The summed E-state index contributed by atoms with van der Waals surface area (Å²) in [6.45, 7) is 2.64. The molecule has 1 amide bonds. The normalized spacial score (nSPS) is 21.2. The second-order valence-electron chi connectivity index (χ2n) is 7.44. The maximum Gasteiger partial charge on any atom is 0.225 e. The van der Waals surface area contributed by atoms with E-state index in [1.165, 1.54) is 31.2 Å². The van der Waals surface area contributed by atoms with E-state index in [2.05, 4.69) is 50.9 Å². The van der Waals surface area contributed by atoms with E-state index in [0.717, 1.165) is 36.9 Å². The smallest absolute Gasteiger partial charge is 0.225 e. The van der Waals surface area contributed by atoms with Gasteiger partial charge in [0.15, 0.2) is 5.17 Å². The number of amides is 1. The Balaban J connectivity index is 1.36. The molecular weight excluding hydrogens is 342 g/mol. The predicted molar refractivity (Wildman–Crippen MR) is 108 cm³/mol. The molecule has 0 spiro atoms. The Morgan fingerprint density at radius 1 is 1.23 bits per heavy atom. The molecule has 5 heteroatoms. The largest absolute Gasteiger partial charge is 0.355 e. The van der Waals surface area contributed by atoms with Crippen molar-refractivity contribution in [3.63, 3.8) is 0 Å². The summed E-state index contributed by atoms with van der Waals surface area (Å²) in [7, 11) is 0. The highest BCUT2D eigenvalue weighted by molar-refractivity contribution is 8.16. The van der Waals surface area contributed by atoms with Gasteiger partial charge in [0, 0.05) is 31.2 Å². The number of hydrogen-bond donors (Lipinski definition) is 1. The van der Waals surface area contributed by atoms with Crippen molar-refractivity contribution in [2.24, 2.45) is 10.9 Å². The highest BCUT2D eigenvalue weighted by atomic mass is 32.2. The number of benzene rings is 1. The maximum absolute atomic E-state index is 12.6. The quantitative estimate of drug-likeness (QED) is 0.820. The molecule has 1 saturated carbocycles. The molecule has 4 rings (SSSR count). The van der Waals surface area contributed by atoms with Crippen LogP contribution in [0.3, 0.4) is 0 Å². The van der Waals surface area contributed by atoms with Crippen LogP contribution >= 0.6 is 11.8 Å². The third-order valence-corrected chi connectivity index (χ3v) is 6.67. The van der Waals surface area contributed by atoms with Crippen LogP contribution in [0.1, 0.15) is 50.0 Å². The molecular formula is C21H27N3OS. The van der Waals surface area contributed by atoms with E-state index in [4.69, 9.17) is 0 Å². The lowest BCUT2D eigenvalue weighted by Gasteiger charge is -2.26. The van der Waals surface area contributed by atoms with Crippen LogP contribution in [0, 0.1) is 5.92 Å². The van der Waals surface area contributed by atoms with E-state index >= 15 is 0 Å². The summed E-state index contributed by atoms with van der Waals surface area (Å²) < 4.78 is 0. The van der Waals surface area contributed by atoms with Crippen molar-refractivity contribution in [3.05, 3.63) is 47.0 Å². The molecule has 1 atom stereocenters. The van der Waals surface area contributed by atoms with Crippen molar-refractivity contribution in [1.29, 1.82) is 0 Å². The first kappa shape index (κ1) is 17.7. The van der Waals surface area contributed by atoms with Gasteiger partial charge >= 0.3 is 0 Å². The van der Waals surface area contributed by atoms with E-state index in [1.807, 2.05) is 0 Å². The van der Waals surface area contributed by atoms with Crippen molar-refractivity contribution < 1.29 is 4.79 Å². The standard InChI is InChI=1S/C21H27N3OS/c25-20(13-18-15-26-21-22-11-6-12-24(18)21)23-14-19(17-9-4-5-10-17)16-7-2-1-3-8-16/h1-3,7-8,15,17,19H,4-6,9-14H2,(H,23,25)/t19-/m0/s1. The van der Waals surface area contributed by atoms with Gasteiger partial charge in [0.25, 0.3) is 0 Å². The zero-order valence-electron chi connectivity index (χ0n) is 15.2. The van der Waals surface area contributed by atoms with Gasteiger partial charge in [0.1, 0.15) is 0 Å². The SMILES string of the molecule is O=C(CC1=CSC2=NCCCN12)NC[C@@H](c1ccccc1)C1CCCC1. The topological polar surface area (TPSA) is 44.7 Å². The molecule has 4 nitrogen and oxygen atoms in total. The van der Waals surface area contributed by atoms with E-state index < -0.39 is 0 Å². The van der Waals surface area contributed by atoms with Gasteiger partial charge in [0.05, 0.1) is 6.42 Å². The Kier molecular flexibility index (Phi) is 5.63. The van der Waals surface area contributed by atoms with Crippen LogP contribution in [0.25, 0.3) is 0 Å². The zero-order valence-corrected chi connectivity index (χ0v) is 16.0. The molecule has 0 aromatic heterocycles. The molecule has 1 aliphatic carbocycles. The van der Waals surface area contributed by atoms with Crippen LogP contribution in [-0.2, 0) is 4.79 Å². The summed E-state index contributed by atoms with van der Waals surface area (Å²) in [4.78, 5) is 19.3. The molecule has 1 aromatic rings. The van der Waals surface area contributed by atoms with Gasteiger partial charge in [0.2, 0.25) is 5.91 Å². The highest BCUT2D eigenvalue weighted by Gasteiger charge is 2.28. The predicted octanol–water partition coefficient (Wildman–Crippen LogP) is 4.12. The molecule has 1 N–H and O–H groups in total. The Morgan fingerprint density at radius 2 is 2.04 bits per heavy atom. The number of thioether (sulfide) groups is 1. The number of amidine groups is 1. The second kappa shape index (κ2) is 8.30. The van der Waals surface area contributed by atoms with Crippen molar-refractivity contribution >= 4 is 22.8 Å². The average Bonchev–Trinajstić information content (AvgIpc) is 3.34. The van der Waals surface area contributed by atoms with Gasteiger partial charge in [-0.25, -0.2) is 0 Å². The summed E-state index contributed by atoms with van der Waals surface area (Å²) in [5.41, 5.74) is 2.46. The number of rotatable bonds is 6. The van der Waals surface area contributed by atoms with Crippen LogP contribution < -0.4 is 5.32 Å². The third kappa shape index (κ3) is 3.98. The Hall–Kier alpha value is -1.75. The maximum atomic E-state index is 12.6. The minimum atomic E-state index is 0.127. The first-order chi connectivity index (χ1) is 12.8. The molecule has 1 fully saturated rings. The fraction of sp³-hybridized carbons (Fsp3) is 0.524. The molecule has 0 radical (unpaired) electrons. The van der Waals surface area contributed by atoms with Crippen molar-refractivity contribution in [2.75, 3.05) is 19.6 Å². The fourth-order valence-electron chi connectivity index (χ4n) is 4.34. The molecule has 0 bridgehead atoms. The summed E-state index contributed by atoms with van der Waals surface area (Å²) in [5.74, 6) is 1.25. The molecule has 0 saturated heterocycles. The number of nitrogens with zero attached hydrogens (tertiary/aromatic N) is 2. The van der Waals surface area contributed by atoms with E-state index in [0.29, 0.717) is 18.3 Å². The van der Waals surface area contributed by atoms with E-state index in [-0.39, 0.29) is 5.91 Å². The molecule has 1 aromatic carbocycles. The van der Waals surface area contributed by atoms with E-state index in [9.17, 15) is 4.79 Å². The van der Waals surface area contributed by atoms with Gasteiger partial charge in [-0.15, -0.1) is 0 Å². The number of fused-ring (bicyclic) bond motifs is 1. The molecule has 26 heavy (non-hydrogen) atoms. The van der Waals surface area contributed by atoms with Crippen LogP contribution in [0.15, 0.2) is 46.4 Å². The lowest BCUT2D eigenvalue weighted by atomic mass is 9.85. The average molecular weight is 370 g/mol. The summed E-state index contributed by atoms with van der Waals surface area (Å²) in [6.07, 6.45) is 6.74. The molecule has 2 aliphatic heterocycles. The molecule has 138 valence electrons. The summed E-state index contributed by atoms with van der Waals surface area (Å²) in [5, 5.41) is 6.38. The van der Waals surface area contributed by atoms with E-state index in [1.54, 1.807) is 11.8 Å². The minimum Gasteiger partial charge on any atom is -0.355 e. The number of nitrogens with one attached hydrogen (secondary N) is 1. The number of hydrogen-bond acceptors (Lipinski definition) is 4. The third-order valence-electron chi connectivity index (χ3n) is 5.72. The summed E-state index contributed by atoms with van der Waals surface area (Å²) >= 11 is 1.65. The highest BCUT2D eigenvalue weighted by Crippen LogP contribution is 2.37. The zero-order chi connectivity index (χ0) is 17.8. The van der Waals surface area contributed by atoms with Crippen molar-refractivity contribution in [2.45, 2.75) is 44.4 Å². The molecule has 2 heterocycles. The number of carbonyl (C=O) groups excluding carboxylic acids is 1. The molecule has 0 unspecified atom stereocenters. The number of carbonyl (C=O) groups is 1. The van der Waals surface area contributed by atoms with Crippen LogP contribution in [0.5, 0.6) is 0 Å². The van der Waals surface area contributed by atoms with Gasteiger partial charge in [-0.3, -0.25) is 9.79 Å². The first-order valence-electron chi connectivity index (χ1n) is 9.80. The minimum absolute atomic E-state index is 0.127. The van der Waals surface area contributed by atoms with Gasteiger partial charge < -0.3 is 10.2 Å². The van der Waals surface area contributed by atoms with Crippen LogP contribution in [0.4, 0.5) is 0 Å². The Morgan fingerprint density at radius 3 is 2.85 bits per heavy atom. The monoisotopic (exact) mass is 369 g/mol. The van der Waals surface area contributed by atoms with Gasteiger partial charge in [-0.05, 0) is 36.2 Å². The lowest BCUT2D eigenvalue weighted by Crippen LogP contribution is -2.34. The Bertz CT molecular complexity index is 694. The van der Waals surface area contributed by atoms with Crippen LogP contribution in [0.2, 0.25) is 0 Å². The summed E-state index contributed by atoms with van der Waals surface area (Å²) in [6, 6.07) is 10.7. The first-order valence-corrected chi connectivity index (χ1v) is 10.7. The fourth-order valence-corrected chi connectivity index (χ4v) is 5.29. The second-order valence-corrected chi connectivity index (χ2v) is 8.28. The lowest BCUT2D eigenvalue weighted by molar-refractivity contribution is -0.120. The van der Waals surface area contributed by atoms with Crippen molar-refractivity contribution in [1.82, 2.24) is 10.2 Å². The van der Waals surface area contributed by atoms with Gasteiger partial charge in [-0.1, -0.05) is 54.9 Å². The molecule has 3 aliphatic rings. The number of aliphatic imine (C=N–C) groups is 1. The van der Waals surface area contributed by atoms with Crippen LogP contribution in [-0.4, -0.2) is 35.6 Å². The van der Waals surface area contributed by atoms with Gasteiger partial charge in [-0.2, -0.15) is 0 Å².